The Labute approximate surface area is 369 Å². The third kappa shape index (κ3) is 6.18. The second kappa shape index (κ2) is 13.8. The summed E-state index contributed by atoms with van der Waals surface area (Å²) in [4.78, 5) is 4.51. The molecule has 0 unspecified atom stereocenters. The van der Waals surface area contributed by atoms with E-state index in [2.05, 4.69) is 206 Å². The molecule has 0 saturated heterocycles. The fourth-order valence-electron chi connectivity index (χ4n) is 9.08. The Balaban J connectivity index is 0.00000462. The van der Waals surface area contributed by atoms with Crippen molar-refractivity contribution in [1.82, 2.24) is 9.61 Å². The summed E-state index contributed by atoms with van der Waals surface area (Å²) in [6, 6.07) is 48.6. The Morgan fingerprint density at radius 2 is 1.23 bits per heavy atom. The number of ether oxygens (including phenoxy) is 1. The average molecular weight is 967 g/mol. The van der Waals surface area contributed by atoms with Crippen molar-refractivity contribution in [2.45, 2.75) is 90.9 Å². The second-order valence-corrected chi connectivity index (χ2v) is 19.6. The molecule has 306 valence electrons. The molecule has 0 fully saturated rings. The van der Waals surface area contributed by atoms with Crippen molar-refractivity contribution in [2.75, 3.05) is 9.80 Å². The van der Waals surface area contributed by atoms with Gasteiger partial charge in [0.15, 0.2) is 0 Å². The number of benzene rings is 6. The molecule has 0 bridgehead atoms. The third-order valence-corrected chi connectivity index (χ3v) is 13.4. The summed E-state index contributed by atoms with van der Waals surface area (Å²) < 4.78 is 8.75. The van der Waals surface area contributed by atoms with Crippen LogP contribution >= 0.6 is 0 Å². The van der Waals surface area contributed by atoms with E-state index in [1.165, 1.54) is 44.2 Å². The van der Waals surface area contributed by atoms with Gasteiger partial charge in [-0.3, -0.25) is 4.52 Å². The van der Waals surface area contributed by atoms with E-state index in [1.807, 2.05) is 18.2 Å². The Kier molecular flexibility index (Phi) is 9.23. The zero-order chi connectivity index (χ0) is 41.2. The number of anilines is 4. The Morgan fingerprint density at radius 3 is 1.92 bits per heavy atom. The van der Waals surface area contributed by atoms with Gasteiger partial charge in [0.2, 0.25) is 0 Å². The minimum Gasteiger partial charge on any atom is -0.509 e. The average Bonchev–Trinajstić information content (AvgIpc) is 3.84. The van der Waals surface area contributed by atoms with Crippen LogP contribution in [0, 0.1) is 18.8 Å². The summed E-state index contributed by atoms with van der Waals surface area (Å²) in [6.07, 6.45) is 2.07. The molecule has 0 N–H and O–H groups in total. The maximum Gasteiger partial charge on any atom is 0.0752 e. The molecule has 6 heteroatoms. The Hall–Kier alpha value is -5.38. The summed E-state index contributed by atoms with van der Waals surface area (Å²) in [7, 11) is 0. The largest absolute Gasteiger partial charge is 0.509 e. The first-order chi connectivity index (χ1) is 28.0. The van der Waals surface area contributed by atoms with Crippen LogP contribution in [-0.4, -0.2) is 9.61 Å². The third-order valence-electron chi connectivity index (χ3n) is 13.4. The Bertz CT molecular complexity index is 2950. The van der Waals surface area contributed by atoms with Crippen LogP contribution in [0.4, 0.5) is 22.7 Å². The molecule has 10 rings (SSSR count). The number of aromatic nitrogens is 2. The van der Waals surface area contributed by atoms with Crippen LogP contribution < -0.4 is 14.5 Å². The van der Waals surface area contributed by atoms with E-state index < -0.39 is 0 Å². The number of para-hydroxylation sites is 2. The van der Waals surface area contributed by atoms with Crippen LogP contribution in [0.15, 0.2) is 121 Å². The topological polar surface area (TPSA) is 33.0 Å². The zero-order valence-corrected chi connectivity index (χ0v) is 38.4. The van der Waals surface area contributed by atoms with Gasteiger partial charge >= 0.3 is 0 Å². The van der Waals surface area contributed by atoms with Gasteiger partial charge in [-0.1, -0.05) is 129 Å². The van der Waals surface area contributed by atoms with Crippen molar-refractivity contribution in [3.05, 3.63) is 163 Å². The first-order valence-corrected chi connectivity index (χ1v) is 20.8. The molecule has 3 heterocycles. The van der Waals surface area contributed by atoms with Crippen molar-refractivity contribution in [3.8, 4) is 22.6 Å². The van der Waals surface area contributed by atoms with Crippen molar-refractivity contribution >= 4 is 49.9 Å². The SMILES string of the molecule is CC(C)(C)c1cc(N2[CH-]N(c3[c-]c(Oc4[c-]c5c(cc4)c4cc(-c6ccccc6)cc6c4c4c(cnn54)C(C)(C)C6(C)C)ccc3)c3ccccc32)cc(C(C)(C)C)c1.[Pt]. The molecule has 60 heavy (non-hydrogen) atoms. The predicted molar refractivity (Wildman–Crippen MR) is 245 cm³/mol. The van der Waals surface area contributed by atoms with Crippen molar-refractivity contribution < 1.29 is 25.8 Å². The molecule has 2 aliphatic rings. The molecular weight excluding hydrogens is 916 g/mol. The molecule has 0 atom stereocenters. The predicted octanol–water partition coefficient (Wildman–Crippen LogP) is 14.3. The number of nitrogens with zero attached hydrogens (tertiary/aromatic N) is 4. The van der Waals surface area contributed by atoms with Crippen molar-refractivity contribution in [1.29, 1.82) is 0 Å². The summed E-state index contributed by atoms with van der Waals surface area (Å²) in [5.41, 5.74) is 13.7. The smallest absolute Gasteiger partial charge is 0.0752 e. The van der Waals surface area contributed by atoms with Gasteiger partial charge in [-0.25, -0.2) is 0 Å². The second-order valence-electron chi connectivity index (χ2n) is 19.6. The minimum absolute atomic E-state index is 0. The van der Waals surface area contributed by atoms with E-state index in [0.717, 1.165) is 39.2 Å². The van der Waals surface area contributed by atoms with E-state index >= 15 is 0 Å². The summed E-state index contributed by atoms with van der Waals surface area (Å²) in [5, 5.41) is 8.63. The molecule has 2 aromatic heterocycles. The molecule has 0 spiro atoms. The summed E-state index contributed by atoms with van der Waals surface area (Å²) in [6.45, 7) is 25.4. The quantitative estimate of drug-likeness (QED) is 0.127. The standard InChI is InChI=1S/C54H51N4O.Pt/c1-51(2,3)36-27-37(52(4,5)6)29-39(28-36)57-33-56(46-21-14-15-22-47(46)57)38-19-16-20-40(30-38)59-41-23-24-42-43-25-35(34-17-12-11-13-18-34)26-44-49(43)50-45(54(9,10)53(44,7)8)32-55-58(50)48(42)31-41;/h11-29,32-33H,1-10H3;/q-3;. The number of pyridine rings is 1. The molecule has 1 aliphatic carbocycles. The number of hydrogen-bond acceptors (Lipinski definition) is 4. The minimum atomic E-state index is -0.160. The monoisotopic (exact) mass is 966 g/mol. The first-order valence-electron chi connectivity index (χ1n) is 20.8. The summed E-state index contributed by atoms with van der Waals surface area (Å²) in [5.74, 6) is 1.23. The molecule has 8 aromatic rings. The van der Waals surface area contributed by atoms with Crippen LogP contribution in [0.5, 0.6) is 11.5 Å². The van der Waals surface area contributed by atoms with E-state index in [1.54, 1.807) is 0 Å². The van der Waals surface area contributed by atoms with Gasteiger partial charge in [0, 0.05) is 60.6 Å². The molecule has 0 radical (unpaired) electrons. The van der Waals surface area contributed by atoms with Gasteiger partial charge in [-0.05, 0) is 85.3 Å². The van der Waals surface area contributed by atoms with Crippen LogP contribution in [0.2, 0.25) is 0 Å². The molecule has 0 amide bonds. The fraction of sp³-hybridized carbons (Fsp3) is 0.259. The van der Waals surface area contributed by atoms with Crippen LogP contribution in [0.1, 0.15) is 91.5 Å². The van der Waals surface area contributed by atoms with E-state index in [9.17, 15) is 0 Å². The van der Waals surface area contributed by atoms with Crippen LogP contribution in [0.3, 0.4) is 0 Å². The maximum atomic E-state index is 6.66. The van der Waals surface area contributed by atoms with Gasteiger partial charge in [0.05, 0.1) is 11.7 Å². The van der Waals surface area contributed by atoms with Crippen molar-refractivity contribution in [2.24, 2.45) is 0 Å². The van der Waals surface area contributed by atoms with E-state index in [4.69, 9.17) is 9.84 Å². The molecular formula is C54H51N4OPt-3. The van der Waals surface area contributed by atoms with Gasteiger partial charge in [-0.15, -0.1) is 48.1 Å². The number of fused-ring (bicyclic) bond motifs is 4. The van der Waals surface area contributed by atoms with E-state index in [-0.39, 0.29) is 42.7 Å². The zero-order valence-electron chi connectivity index (χ0n) is 36.1. The first kappa shape index (κ1) is 40.0. The Morgan fingerprint density at radius 1 is 0.600 bits per heavy atom. The van der Waals surface area contributed by atoms with Crippen LogP contribution in [0.25, 0.3) is 38.3 Å². The van der Waals surface area contributed by atoms with Crippen molar-refractivity contribution in [3.63, 3.8) is 0 Å². The fourth-order valence-corrected chi connectivity index (χ4v) is 9.08. The molecule has 6 aromatic carbocycles. The van der Waals surface area contributed by atoms with Gasteiger partial charge in [-0.2, -0.15) is 17.2 Å². The van der Waals surface area contributed by atoms with Gasteiger partial charge in [0.25, 0.3) is 0 Å². The summed E-state index contributed by atoms with van der Waals surface area (Å²) >= 11 is 0. The molecule has 1 aliphatic heterocycles. The van der Waals surface area contributed by atoms with E-state index in [0.29, 0.717) is 11.5 Å². The number of hydrogen-bond donors (Lipinski definition) is 0. The van der Waals surface area contributed by atoms with Crippen LogP contribution in [-0.2, 0) is 42.7 Å². The maximum absolute atomic E-state index is 6.66. The number of rotatable bonds is 5. The van der Waals surface area contributed by atoms with Gasteiger partial charge in [0.1, 0.15) is 0 Å². The van der Waals surface area contributed by atoms with Gasteiger partial charge < -0.3 is 14.5 Å². The normalized spacial score (nSPS) is 15.5. The molecule has 0 saturated carbocycles. The molecule has 5 nitrogen and oxygen atoms in total.